The van der Waals surface area contributed by atoms with Crippen molar-refractivity contribution in [3.63, 3.8) is 0 Å². The Labute approximate surface area is 135 Å². The summed E-state index contributed by atoms with van der Waals surface area (Å²) in [5.41, 5.74) is 3.92. The van der Waals surface area contributed by atoms with Gasteiger partial charge in [-0.1, -0.05) is 29.8 Å². The molecule has 0 aromatic heterocycles. The third kappa shape index (κ3) is 3.16. The van der Waals surface area contributed by atoms with Crippen LogP contribution in [0.3, 0.4) is 0 Å². The zero-order valence-corrected chi connectivity index (χ0v) is 13.3. The lowest BCUT2D eigenvalue weighted by Gasteiger charge is -2.27. The number of carbonyl (C=O) groups is 1. The minimum absolute atomic E-state index is 0.0600. The van der Waals surface area contributed by atoms with E-state index in [-0.39, 0.29) is 5.91 Å². The zero-order chi connectivity index (χ0) is 15.5. The molecule has 2 aromatic carbocycles. The summed E-state index contributed by atoms with van der Waals surface area (Å²) in [5, 5.41) is 0.700. The highest BCUT2D eigenvalue weighted by Gasteiger charge is 2.18. The average molecular weight is 316 g/mol. The average Bonchev–Trinajstić information content (AvgIpc) is 2.57. The van der Waals surface area contributed by atoms with Crippen LogP contribution in [0.2, 0.25) is 5.02 Å². The first kappa shape index (κ1) is 15.1. The Morgan fingerprint density at radius 2 is 1.91 bits per heavy atom. The van der Waals surface area contributed by atoms with Crippen molar-refractivity contribution in [1.29, 1.82) is 0 Å². The maximum atomic E-state index is 12.6. The number of rotatable bonds is 2. The van der Waals surface area contributed by atoms with Gasteiger partial charge in [0.1, 0.15) is 0 Å². The van der Waals surface area contributed by atoms with Gasteiger partial charge in [0.05, 0.1) is 13.2 Å². The van der Waals surface area contributed by atoms with Gasteiger partial charge in [0.2, 0.25) is 0 Å². The largest absolute Gasteiger partial charge is 0.378 e. The van der Waals surface area contributed by atoms with Crippen LogP contribution in [0.1, 0.15) is 15.9 Å². The van der Waals surface area contributed by atoms with Gasteiger partial charge in [-0.3, -0.25) is 4.79 Å². The molecular formula is C18H18ClNO2. The van der Waals surface area contributed by atoms with Gasteiger partial charge >= 0.3 is 0 Å². The fraction of sp³-hybridized carbons (Fsp3) is 0.278. The van der Waals surface area contributed by atoms with Gasteiger partial charge in [-0.2, -0.15) is 0 Å². The molecule has 1 aliphatic heterocycles. The summed E-state index contributed by atoms with van der Waals surface area (Å²) >= 11 is 6.10. The van der Waals surface area contributed by atoms with E-state index in [9.17, 15) is 4.79 Å². The van der Waals surface area contributed by atoms with E-state index in [1.807, 2.05) is 54.3 Å². The molecule has 1 aliphatic rings. The number of carbonyl (C=O) groups excluding carboxylic acids is 1. The predicted molar refractivity (Wildman–Crippen MR) is 88.3 cm³/mol. The zero-order valence-electron chi connectivity index (χ0n) is 12.5. The number of hydrogen-bond donors (Lipinski definition) is 0. The van der Waals surface area contributed by atoms with Crippen molar-refractivity contribution in [3.8, 4) is 11.1 Å². The monoisotopic (exact) mass is 315 g/mol. The van der Waals surface area contributed by atoms with Crippen LogP contribution in [0, 0.1) is 6.92 Å². The van der Waals surface area contributed by atoms with Crippen LogP contribution in [-0.2, 0) is 4.74 Å². The van der Waals surface area contributed by atoms with Gasteiger partial charge in [0, 0.05) is 23.7 Å². The molecule has 114 valence electrons. The second-order valence-electron chi connectivity index (χ2n) is 5.44. The Balaban J connectivity index is 1.92. The first-order valence-electron chi connectivity index (χ1n) is 7.39. The normalized spacial score (nSPS) is 14.9. The number of ether oxygens (including phenoxy) is 1. The van der Waals surface area contributed by atoms with Crippen molar-refractivity contribution < 1.29 is 9.53 Å². The van der Waals surface area contributed by atoms with E-state index in [4.69, 9.17) is 16.3 Å². The van der Waals surface area contributed by atoms with Gasteiger partial charge in [-0.05, 0) is 47.9 Å². The molecule has 2 aromatic rings. The molecule has 0 N–H and O–H groups in total. The number of amides is 1. The molecule has 0 bridgehead atoms. The maximum absolute atomic E-state index is 12.6. The van der Waals surface area contributed by atoms with Gasteiger partial charge in [-0.25, -0.2) is 0 Å². The summed E-state index contributed by atoms with van der Waals surface area (Å²) in [6.07, 6.45) is 0. The first-order valence-corrected chi connectivity index (χ1v) is 7.76. The summed E-state index contributed by atoms with van der Waals surface area (Å²) in [5.74, 6) is 0.0600. The molecule has 0 saturated carbocycles. The molecule has 1 fully saturated rings. The Kier molecular flexibility index (Phi) is 4.46. The number of aryl methyl sites for hydroxylation is 1. The second-order valence-corrected chi connectivity index (χ2v) is 5.88. The first-order chi connectivity index (χ1) is 10.6. The topological polar surface area (TPSA) is 29.5 Å². The molecule has 0 aliphatic carbocycles. The minimum atomic E-state index is 0.0600. The standard InChI is InChI=1S/C18H18ClNO2/c1-13-5-6-16(19)12-17(13)14-3-2-4-15(11-14)18(21)20-7-9-22-10-8-20/h2-6,11-12H,7-10H2,1H3. The van der Waals surface area contributed by atoms with Gasteiger partial charge in [0.15, 0.2) is 0 Å². The highest BCUT2D eigenvalue weighted by Crippen LogP contribution is 2.27. The second kappa shape index (κ2) is 6.51. The lowest BCUT2D eigenvalue weighted by atomic mass is 9.98. The Bertz CT molecular complexity index is 693. The highest BCUT2D eigenvalue weighted by atomic mass is 35.5. The molecule has 3 rings (SSSR count). The summed E-state index contributed by atoms with van der Waals surface area (Å²) in [7, 11) is 0. The van der Waals surface area contributed by atoms with Crippen LogP contribution in [0.5, 0.6) is 0 Å². The van der Waals surface area contributed by atoms with Crippen LogP contribution < -0.4 is 0 Å². The van der Waals surface area contributed by atoms with Crippen molar-refractivity contribution in [2.24, 2.45) is 0 Å². The van der Waals surface area contributed by atoms with Crippen LogP contribution >= 0.6 is 11.6 Å². The highest BCUT2D eigenvalue weighted by molar-refractivity contribution is 6.30. The summed E-state index contributed by atoms with van der Waals surface area (Å²) in [6, 6.07) is 13.5. The number of halogens is 1. The van der Waals surface area contributed by atoms with E-state index in [2.05, 4.69) is 0 Å². The fourth-order valence-corrected chi connectivity index (χ4v) is 2.85. The van der Waals surface area contributed by atoms with Crippen LogP contribution in [0.15, 0.2) is 42.5 Å². The van der Waals surface area contributed by atoms with Gasteiger partial charge in [0.25, 0.3) is 5.91 Å². The third-order valence-electron chi connectivity index (χ3n) is 3.92. The lowest BCUT2D eigenvalue weighted by molar-refractivity contribution is 0.0303. The van der Waals surface area contributed by atoms with E-state index in [0.29, 0.717) is 36.9 Å². The lowest BCUT2D eigenvalue weighted by Crippen LogP contribution is -2.40. The van der Waals surface area contributed by atoms with Crippen LogP contribution in [0.25, 0.3) is 11.1 Å². The van der Waals surface area contributed by atoms with E-state index >= 15 is 0 Å². The van der Waals surface area contributed by atoms with Crippen molar-refractivity contribution in [2.45, 2.75) is 6.92 Å². The maximum Gasteiger partial charge on any atom is 0.254 e. The van der Waals surface area contributed by atoms with E-state index in [0.717, 1.165) is 16.7 Å². The van der Waals surface area contributed by atoms with Gasteiger partial charge in [-0.15, -0.1) is 0 Å². The molecule has 3 nitrogen and oxygen atoms in total. The van der Waals surface area contributed by atoms with Crippen LogP contribution in [-0.4, -0.2) is 37.1 Å². The molecule has 0 radical (unpaired) electrons. The fourth-order valence-electron chi connectivity index (χ4n) is 2.67. The van der Waals surface area contributed by atoms with Gasteiger partial charge < -0.3 is 9.64 Å². The molecule has 1 heterocycles. The number of hydrogen-bond acceptors (Lipinski definition) is 2. The predicted octanol–water partition coefficient (Wildman–Crippen LogP) is 3.79. The molecule has 22 heavy (non-hydrogen) atoms. The van der Waals surface area contributed by atoms with Crippen molar-refractivity contribution in [1.82, 2.24) is 4.90 Å². The molecule has 0 atom stereocenters. The SMILES string of the molecule is Cc1ccc(Cl)cc1-c1cccc(C(=O)N2CCOCC2)c1. The molecular weight excluding hydrogens is 298 g/mol. The van der Waals surface area contributed by atoms with Crippen molar-refractivity contribution in [3.05, 3.63) is 58.6 Å². The van der Waals surface area contributed by atoms with Crippen LogP contribution in [0.4, 0.5) is 0 Å². The Morgan fingerprint density at radius 1 is 1.14 bits per heavy atom. The molecule has 1 saturated heterocycles. The van der Waals surface area contributed by atoms with Crippen molar-refractivity contribution in [2.75, 3.05) is 26.3 Å². The Morgan fingerprint density at radius 3 is 2.68 bits per heavy atom. The Hall–Kier alpha value is -1.84. The summed E-state index contributed by atoms with van der Waals surface area (Å²) in [4.78, 5) is 14.4. The summed E-state index contributed by atoms with van der Waals surface area (Å²) in [6.45, 7) is 4.57. The summed E-state index contributed by atoms with van der Waals surface area (Å²) < 4.78 is 5.30. The van der Waals surface area contributed by atoms with E-state index in [1.54, 1.807) is 0 Å². The number of morpholine rings is 1. The van der Waals surface area contributed by atoms with E-state index in [1.165, 1.54) is 0 Å². The third-order valence-corrected chi connectivity index (χ3v) is 4.15. The molecule has 0 spiro atoms. The molecule has 0 unspecified atom stereocenters. The van der Waals surface area contributed by atoms with Crippen molar-refractivity contribution >= 4 is 17.5 Å². The molecule has 4 heteroatoms. The number of nitrogens with zero attached hydrogens (tertiary/aromatic N) is 1. The van der Waals surface area contributed by atoms with E-state index < -0.39 is 0 Å². The molecule has 1 amide bonds. The minimum Gasteiger partial charge on any atom is -0.378 e. The number of benzene rings is 2. The smallest absolute Gasteiger partial charge is 0.254 e. The quantitative estimate of drug-likeness (QED) is 0.844.